The van der Waals surface area contributed by atoms with Gasteiger partial charge in [0.25, 0.3) is 0 Å². The van der Waals surface area contributed by atoms with E-state index >= 15 is 0 Å². The van der Waals surface area contributed by atoms with Crippen molar-refractivity contribution >= 4 is 49.8 Å². The fraction of sp³-hybridized carbons (Fsp3) is 0.0213. The molecular weight excluding hydrogens is 611 g/mol. The second kappa shape index (κ2) is 10.2. The fourth-order valence-electron chi connectivity index (χ4n) is 8.77. The lowest BCUT2D eigenvalue weighted by Crippen LogP contribution is -2.32. The summed E-state index contributed by atoms with van der Waals surface area (Å²) in [6.45, 7) is 0. The van der Waals surface area contributed by atoms with E-state index in [1.807, 2.05) is 6.07 Å². The lowest BCUT2D eigenvalue weighted by atomic mass is 9.66. The Morgan fingerprint density at radius 2 is 1.00 bits per heavy atom. The number of nitrogens with zero attached hydrogens (tertiary/aromatic N) is 1. The zero-order valence-electron chi connectivity index (χ0n) is 27.0. The quantitative estimate of drug-likeness (QED) is 0.192. The van der Waals surface area contributed by atoms with Crippen molar-refractivity contribution in [3.8, 4) is 22.6 Å². The van der Waals surface area contributed by atoms with Crippen LogP contribution < -0.4 is 9.64 Å². The first-order valence-corrected chi connectivity index (χ1v) is 17.1. The van der Waals surface area contributed by atoms with Gasteiger partial charge in [-0.2, -0.15) is 0 Å². The van der Waals surface area contributed by atoms with Gasteiger partial charge in [0, 0.05) is 33.2 Å². The minimum absolute atomic E-state index is 0.593. The Morgan fingerprint density at radius 1 is 0.400 bits per heavy atom. The summed E-state index contributed by atoms with van der Waals surface area (Å²) in [5.41, 5.74) is 11.6. The van der Waals surface area contributed by atoms with Gasteiger partial charge in [-0.3, -0.25) is 0 Å². The molecule has 0 saturated carbocycles. The van der Waals surface area contributed by atoms with Crippen molar-refractivity contribution in [2.45, 2.75) is 5.41 Å². The summed E-state index contributed by atoms with van der Waals surface area (Å²) in [7, 11) is 0. The molecule has 0 bridgehead atoms. The molecule has 3 nitrogen and oxygen atoms in total. The first kappa shape index (κ1) is 27.4. The molecule has 1 spiro atoms. The standard InChI is InChI=1S/C47H29NO2/c1-2-15-31(16-3-1)48(40-24-12-19-34-33-18-6-9-25-41(33)50-46(34)40)39-23-13-22-37-45(39)44-32-17-5-4-14-30(32)28-29-38(44)47(37)35-20-7-10-26-42(35)49-43-27-11-8-21-36(43)47/h1-29H. The van der Waals surface area contributed by atoms with Gasteiger partial charge in [-0.05, 0) is 69.9 Å². The van der Waals surface area contributed by atoms with E-state index in [4.69, 9.17) is 9.15 Å². The van der Waals surface area contributed by atoms with E-state index in [1.165, 1.54) is 33.0 Å². The molecule has 0 unspecified atom stereocenters. The summed E-state index contributed by atoms with van der Waals surface area (Å²) in [4.78, 5) is 2.39. The summed E-state index contributed by atoms with van der Waals surface area (Å²) in [6.07, 6.45) is 0. The summed E-state index contributed by atoms with van der Waals surface area (Å²) < 4.78 is 13.4. The fourth-order valence-corrected chi connectivity index (χ4v) is 8.77. The van der Waals surface area contributed by atoms with Crippen molar-refractivity contribution in [1.29, 1.82) is 0 Å². The normalized spacial score (nSPS) is 13.5. The largest absolute Gasteiger partial charge is 0.457 e. The number of benzene rings is 8. The van der Waals surface area contributed by atoms with E-state index in [0.29, 0.717) is 0 Å². The highest BCUT2D eigenvalue weighted by atomic mass is 16.5. The molecular formula is C47H29NO2. The first-order valence-electron chi connectivity index (χ1n) is 17.1. The first-order chi connectivity index (χ1) is 24.8. The van der Waals surface area contributed by atoms with Crippen LogP contribution in [0.15, 0.2) is 180 Å². The number of anilines is 3. The van der Waals surface area contributed by atoms with E-state index < -0.39 is 5.41 Å². The van der Waals surface area contributed by atoms with Crippen LogP contribution in [0, 0.1) is 0 Å². The monoisotopic (exact) mass is 639 g/mol. The summed E-state index contributed by atoms with van der Waals surface area (Å²) in [6, 6.07) is 62.8. The van der Waals surface area contributed by atoms with Crippen LogP contribution >= 0.6 is 0 Å². The third-order valence-corrected chi connectivity index (χ3v) is 10.7. The summed E-state index contributed by atoms with van der Waals surface area (Å²) >= 11 is 0. The molecule has 0 atom stereocenters. The molecule has 2 heterocycles. The highest BCUT2D eigenvalue weighted by molar-refractivity contribution is 6.13. The molecule has 0 saturated heterocycles. The Kier molecular flexibility index (Phi) is 5.59. The lowest BCUT2D eigenvalue weighted by molar-refractivity contribution is 0.436. The second-order valence-corrected chi connectivity index (χ2v) is 13.2. The molecule has 0 fully saturated rings. The van der Waals surface area contributed by atoms with E-state index in [1.54, 1.807) is 0 Å². The summed E-state index contributed by atoms with van der Waals surface area (Å²) in [5.74, 6) is 1.77. The molecule has 0 N–H and O–H groups in total. The van der Waals surface area contributed by atoms with Crippen molar-refractivity contribution in [1.82, 2.24) is 0 Å². The molecule has 0 amide bonds. The van der Waals surface area contributed by atoms with Crippen molar-refractivity contribution in [2.75, 3.05) is 4.90 Å². The van der Waals surface area contributed by atoms with E-state index in [0.717, 1.165) is 61.6 Å². The molecule has 8 aromatic carbocycles. The Balaban J connectivity index is 1.31. The van der Waals surface area contributed by atoms with Crippen LogP contribution in [0.3, 0.4) is 0 Å². The lowest BCUT2D eigenvalue weighted by Gasteiger charge is -2.39. The van der Waals surface area contributed by atoms with Crippen LogP contribution in [0.25, 0.3) is 43.8 Å². The average molecular weight is 640 g/mol. The third kappa shape index (κ3) is 3.53. The number of fused-ring (bicyclic) bond motifs is 14. The predicted molar refractivity (Wildman–Crippen MR) is 203 cm³/mol. The smallest absolute Gasteiger partial charge is 0.159 e. The zero-order chi connectivity index (χ0) is 32.8. The van der Waals surface area contributed by atoms with Crippen LogP contribution in [0.5, 0.6) is 11.5 Å². The molecule has 1 aliphatic heterocycles. The van der Waals surface area contributed by atoms with Gasteiger partial charge < -0.3 is 14.1 Å². The van der Waals surface area contributed by atoms with Gasteiger partial charge in [-0.1, -0.05) is 133 Å². The van der Waals surface area contributed by atoms with Crippen molar-refractivity contribution in [3.05, 3.63) is 198 Å². The van der Waals surface area contributed by atoms with Crippen LogP contribution in [-0.2, 0) is 5.41 Å². The molecule has 0 radical (unpaired) electrons. The van der Waals surface area contributed by atoms with Crippen LogP contribution in [-0.4, -0.2) is 0 Å². The maximum atomic E-state index is 6.71. The van der Waals surface area contributed by atoms with Gasteiger partial charge >= 0.3 is 0 Å². The number of hydrogen-bond acceptors (Lipinski definition) is 3. The van der Waals surface area contributed by atoms with E-state index in [2.05, 4.69) is 175 Å². The van der Waals surface area contributed by atoms with Crippen LogP contribution in [0.1, 0.15) is 22.3 Å². The average Bonchev–Trinajstić information content (AvgIpc) is 3.71. The summed E-state index contributed by atoms with van der Waals surface area (Å²) in [5, 5.41) is 4.65. The molecule has 9 aromatic rings. The Hall–Kier alpha value is -6.58. The van der Waals surface area contributed by atoms with Gasteiger partial charge in [0.05, 0.1) is 16.8 Å². The predicted octanol–water partition coefficient (Wildman–Crippen LogP) is 12.7. The van der Waals surface area contributed by atoms with Gasteiger partial charge in [0.2, 0.25) is 0 Å². The maximum absolute atomic E-state index is 6.71. The minimum Gasteiger partial charge on any atom is -0.457 e. The van der Waals surface area contributed by atoms with E-state index in [-0.39, 0.29) is 0 Å². The number of hydrogen-bond donors (Lipinski definition) is 0. The number of rotatable bonds is 3. The van der Waals surface area contributed by atoms with Crippen LogP contribution in [0.4, 0.5) is 17.1 Å². The second-order valence-electron chi connectivity index (χ2n) is 13.2. The SMILES string of the molecule is c1ccc(N(c2cccc3c2-c2c(ccc4ccccc24)C32c3ccccc3Oc3ccccc32)c2cccc3c2oc2ccccc23)cc1. The highest BCUT2D eigenvalue weighted by Gasteiger charge is 2.52. The Morgan fingerprint density at radius 3 is 1.82 bits per heavy atom. The Labute approximate surface area is 289 Å². The van der Waals surface area contributed by atoms with Crippen molar-refractivity contribution < 1.29 is 9.15 Å². The number of para-hydroxylation sites is 5. The van der Waals surface area contributed by atoms with Gasteiger partial charge in [-0.15, -0.1) is 0 Å². The van der Waals surface area contributed by atoms with Crippen molar-refractivity contribution in [3.63, 3.8) is 0 Å². The highest BCUT2D eigenvalue weighted by Crippen LogP contribution is 2.65. The molecule has 234 valence electrons. The molecule has 1 aliphatic carbocycles. The van der Waals surface area contributed by atoms with Crippen LogP contribution in [0.2, 0.25) is 0 Å². The number of furan rings is 1. The molecule has 50 heavy (non-hydrogen) atoms. The molecule has 11 rings (SSSR count). The molecule has 1 aromatic heterocycles. The van der Waals surface area contributed by atoms with Gasteiger partial charge in [0.1, 0.15) is 17.1 Å². The van der Waals surface area contributed by atoms with Crippen molar-refractivity contribution in [2.24, 2.45) is 0 Å². The van der Waals surface area contributed by atoms with Gasteiger partial charge in [-0.25, -0.2) is 0 Å². The third-order valence-electron chi connectivity index (χ3n) is 10.7. The van der Waals surface area contributed by atoms with E-state index in [9.17, 15) is 0 Å². The topological polar surface area (TPSA) is 25.6 Å². The maximum Gasteiger partial charge on any atom is 0.159 e. The molecule has 3 heteroatoms. The zero-order valence-corrected chi connectivity index (χ0v) is 27.0. The Bertz CT molecular complexity index is 2770. The number of ether oxygens (including phenoxy) is 1. The molecule has 2 aliphatic rings. The van der Waals surface area contributed by atoms with Gasteiger partial charge in [0.15, 0.2) is 5.58 Å². The minimum atomic E-state index is -0.593.